The number of amides is 2. The molecule has 1 aromatic heterocycles. The first-order chi connectivity index (χ1) is 16.2. The summed E-state index contributed by atoms with van der Waals surface area (Å²) in [7, 11) is 3.22. The van der Waals surface area contributed by atoms with E-state index in [0.717, 1.165) is 4.68 Å². The van der Waals surface area contributed by atoms with Gasteiger partial charge in [-0.3, -0.25) is 9.59 Å². The number of rotatable bonds is 9. The number of likely N-dealkylation sites (N-methyl/N-ethyl adjacent to an activating group) is 1. The predicted octanol–water partition coefficient (Wildman–Crippen LogP) is 2.78. The number of nitrogens with zero attached hydrogens (tertiary/aromatic N) is 2. The quantitative estimate of drug-likeness (QED) is 0.414. The van der Waals surface area contributed by atoms with Crippen molar-refractivity contribution in [2.45, 2.75) is 12.7 Å². The van der Waals surface area contributed by atoms with Gasteiger partial charge in [-0.25, -0.2) is 4.68 Å². The van der Waals surface area contributed by atoms with Crippen LogP contribution in [-0.4, -0.2) is 48.8 Å². The molecule has 8 nitrogen and oxygen atoms in total. The van der Waals surface area contributed by atoms with E-state index in [0.29, 0.717) is 30.5 Å². The van der Waals surface area contributed by atoms with Crippen LogP contribution < -0.4 is 20.7 Å². The van der Waals surface area contributed by atoms with E-state index < -0.39 is 23.7 Å². The minimum absolute atomic E-state index is 0.0310. The van der Waals surface area contributed by atoms with Gasteiger partial charge < -0.3 is 20.7 Å². The Hall–Kier alpha value is -3.86. The second-order valence-electron chi connectivity index (χ2n) is 7.23. The molecule has 0 aliphatic rings. The Morgan fingerprint density at radius 2 is 1.76 bits per heavy atom. The Kier molecular flexibility index (Phi) is 7.90. The van der Waals surface area contributed by atoms with Gasteiger partial charge in [0.05, 0.1) is 12.8 Å². The van der Waals surface area contributed by atoms with E-state index in [1.54, 1.807) is 31.3 Å². The van der Waals surface area contributed by atoms with Crippen LogP contribution in [0.25, 0.3) is 5.69 Å². The number of para-hydroxylation sites is 1. The van der Waals surface area contributed by atoms with Crippen LogP contribution in [0.5, 0.6) is 5.75 Å². The lowest BCUT2D eigenvalue weighted by atomic mass is 10.2. The molecule has 0 fully saturated rings. The predicted molar refractivity (Wildman–Crippen MR) is 119 cm³/mol. The molecule has 1 heterocycles. The van der Waals surface area contributed by atoms with Gasteiger partial charge in [0.1, 0.15) is 11.4 Å². The Labute approximate surface area is 194 Å². The molecule has 3 aromatic rings. The molecular weight excluding hydrogens is 451 g/mol. The first-order valence-electron chi connectivity index (χ1n) is 10.3. The second kappa shape index (κ2) is 10.8. The van der Waals surface area contributed by atoms with Crippen LogP contribution in [0.4, 0.5) is 13.2 Å². The summed E-state index contributed by atoms with van der Waals surface area (Å²) in [6, 6.07) is 13.5. The molecule has 2 aromatic carbocycles. The van der Waals surface area contributed by atoms with Crippen molar-refractivity contribution in [2.24, 2.45) is 0 Å². The normalized spacial score (nSPS) is 11.2. The van der Waals surface area contributed by atoms with Gasteiger partial charge in [0.25, 0.3) is 11.8 Å². The zero-order valence-electron chi connectivity index (χ0n) is 18.6. The zero-order valence-corrected chi connectivity index (χ0v) is 18.6. The molecule has 3 N–H and O–H groups in total. The molecule has 0 aliphatic heterocycles. The fourth-order valence-electron chi connectivity index (χ4n) is 3.18. The first-order valence-corrected chi connectivity index (χ1v) is 10.3. The molecule has 34 heavy (non-hydrogen) atoms. The molecular formula is C23H24F3N5O3. The number of benzene rings is 2. The maximum atomic E-state index is 13.4. The van der Waals surface area contributed by atoms with Crippen molar-refractivity contribution < 1.29 is 27.5 Å². The molecule has 3 rings (SSSR count). The smallest absolute Gasteiger partial charge is 0.435 e. The molecule has 0 radical (unpaired) electrons. The van der Waals surface area contributed by atoms with Gasteiger partial charge in [0, 0.05) is 36.8 Å². The third-order valence-electron chi connectivity index (χ3n) is 4.88. The highest BCUT2D eigenvalue weighted by atomic mass is 19.4. The molecule has 0 bridgehead atoms. The Morgan fingerprint density at radius 3 is 2.47 bits per heavy atom. The van der Waals surface area contributed by atoms with Crippen molar-refractivity contribution in [1.82, 2.24) is 25.7 Å². The van der Waals surface area contributed by atoms with Crippen molar-refractivity contribution in [3.63, 3.8) is 0 Å². The van der Waals surface area contributed by atoms with E-state index in [1.165, 1.54) is 31.4 Å². The number of carbonyl (C=O) groups excluding carboxylic acids is 2. The summed E-state index contributed by atoms with van der Waals surface area (Å²) in [4.78, 5) is 25.2. The maximum Gasteiger partial charge on any atom is 0.435 e. The van der Waals surface area contributed by atoms with E-state index in [4.69, 9.17) is 4.74 Å². The molecule has 0 spiro atoms. The Morgan fingerprint density at radius 1 is 1.00 bits per heavy atom. The number of ether oxygens (including phenoxy) is 1. The van der Waals surface area contributed by atoms with Crippen molar-refractivity contribution in [2.75, 3.05) is 27.2 Å². The lowest BCUT2D eigenvalue weighted by Gasteiger charge is -2.11. The maximum absolute atomic E-state index is 13.4. The molecule has 0 atom stereocenters. The summed E-state index contributed by atoms with van der Waals surface area (Å²) < 4.78 is 46.3. The number of alkyl halides is 3. The number of methoxy groups -OCH3 is 1. The third-order valence-corrected chi connectivity index (χ3v) is 4.88. The lowest BCUT2D eigenvalue weighted by Crippen LogP contribution is -2.30. The van der Waals surface area contributed by atoms with Gasteiger partial charge in [-0.2, -0.15) is 18.3 Å². The first kappa shape index (κ1) is 24.8. The average Bonchev–Trinajstić information content (AvgIpc) is 3.29. The van der Waals surface area contributed by atoms with Crippen molar-refractivity contribution in [1.29, 1.82) is 0 Å². The summed E-state index contributed by atoms with van der Waals surface area (Å²) >= 11 is 0. The summed E-state index contributed by atoms with van der Waals surface area (Å²) in [6.45, 7) is 0.954. The van der Waals surface area contributed by atoms with E-state index in [1.807, 2.05) is 0 Å². The van der Waals surface area contributed by atoms with Gasteiger partial charge in [0.15, 0.2) is 5.69 Å². The zero-order chi connectivity index (χ0) is 24.7. The van der Waals surface area contributed by atoms with E-state index in [9.17, 15) is 22.8 Å². The molecule has 11 heteroatoms. The van der Waals surface area contributed by atoms with E-state index >= 15 is 0 Å². The van der Waals surface area contributed by atoms with E-state index in [2.05, 4.69) is 21.0 Å². The largest absolute Gasteiger partial charge is 0.496 e. The number of hydrogen-bond donors (Lipinski definition) is 3. The van der Waals surface area contributed by atoms with Gasteiger partial charge in [-0.15, -0.1) is 0 Å². The van der Waals surface area contributed by atoms with Crippen LogP contribution in [0, 0.1) is 0 Å². The summed E-state index contributed by atoms with van der Waals surface area (Å²) in [6.07, 6.45) is -4.76. The second-order valence-corrected chi connectivity index (χ2v) is 7.23. The van der Waals surface area contributed by atoms with Crippen LogP contribution in [0.3, 0.4) is 0 Å². The average molecular weight is 475 g/mol. The minimum atomic E-state index is -4.76. The molecule has 0 saturated heterocycles. The van der Waals surface area contributed by atoms with Crippen LogP contribution in [-0.2, 0) is 12.7 Å². The van der Waals surface area contributed by atoms with Gasteiger partial charge in [-0.1, -0.05) is 24.3 Å². The lowest BCUT2D eigenvalue weighted by molar-refractivity contribution is -0.141. The van der Waals surface area contributed by atoms with Crippen molar-refractivity contribution in [3.8, 4) is 11.4 Å². The Bertz CT molecular complexity index is 1160. The fraction of sp³-hybridized carbons (Fsp3) is 0.261. The highest BCUT2D eigenvalue weighted by Gasteiger charge is 2.36. The van der Waals surface area contributed by atoms with Crippen LogP contribution in [0.2, 0.25) is 0 Å². The SMILES string of the molecule is CNCCNC(=O)c1cccc(-n2nc(C(F)(F)F)cc2C(=O)NCc2ccccc2OC)c1. The highest BCUT2D eigenvalue weighted by Crippen LogP contribution is 2.30. The van der Waals surface area contributed by atoms with Crippen LogP contribution in [0.15, 0.2) is 54.6 Å². The monoisotopic (exact) mass is 475 g/mol. The summed E-state index contributed by atoms with van der Waals surface area (Å²) in [5, 5.41) is 11.8. The molecule has 180 valence electrons. The molecule has 0 aliphatic carbocycles. The van der Waals surface area contributed by atoms with Gasteiger partial charge in [0.2, 0.25) is 0 Å². The fourth-order valence-corrected chi connectivity index (χ4v) is 3.18. The van der Waals surface area contributed by atoms with Crippen molar-refractivity contribution >= 4 is 11.8 Å². The Balaban J connectivity index is 1.91. The molecule has 0 saturated carbocycles. The van der Waals surface area contributed by atoms with Crippen molar-refractivity contribution in [3.05, 3.63) is 77.1 Å². The molecule has 2 amide bonds. The highest BCUT2D eigenvalue weighted by molar-refractivity contribution is 5.95. The number of aromatic nitrogens is 2. The van der Waals surface area contributed by atoms with E-state index in [-0.39, 0.29) is 23.5 Å². The van der Waals surface area contributed by atoms with Crippen LogP contribution >= 0.6 is 0 Å². The number of hydrogen-bond acceptors (Lipinski definition) is 5. The third kappa shape index (κ3) is 5.93. The van der Waals surface area contributed by atoms with Gasteiger partial charge in [-0.05, 0) is 31.3 Å². The minimum Gasteiger partial charge on any atom is -0.496 e. The number of nitrogens with one attached hydrogen (secondary N) is 3. The topological polar surface area (TPSA) is 97.3 Å². The summed E-state index contributed by atoms with van der Waals surface area (Å²) in [5.41, 5.74) is -0.535. The number of halogens is 3. The number of carbonyl (C=O) groups is 2. The molecule has 0 unspecified atom stereocenters. The van der Waals surface area contributed by atoms with Gasteiger partial charge >= 0.3 is 6.18 Å². The summed E-state index contributed by atoms with van der Waals surface area (Å²) in [5.74, 6) is -0.635. The van der Waals surface area contributed by atoms with Crippen LogP contribution in [0.1, 0.15) is 32.1 Å². The standard InChI is InChI=1S/C23H24F3N5O3/c1-27-10-11-28-21(32)15-7-5-8-17(12-15)31-18(13-20(30-31)23(24,25)26)22(33)29-14-16-6-3-4-9-19(16)34-2/h3-9,12-13,27H,10-11,14H2,1-2H3,(H,28,32)(H,29,33).